The molecule has 0 amide bonds. The molecule has 34 heavy (non-hydrogen) atoms. The normalized spacial score (nSPS) is 15.8. The summed E-state index contributed by atoms with van der Waals surface area (Å²) in [5.41, 5.74) is 1.73. The molecule has 0 aliphatic carbocycles. The molecular weight excluding hydrogens is 435 g/mol. The van der Waals surface area contributed by atoms with Crippen LogP contribution < -0.4 is 10.3 Å². The summed E-state index contributed by atoms with van der Waals surface area (Å²) in [6.45, 7) is 3.99. The van der Waals surface area contributed by atoms with Gasteiger partial charge in [0.2, 0.25) is 5.43 Å². The van der Waals surface area contributed by atoms with Crippen molar-refractivity contribution in [2.45, 2.75) is 26.3 Å². The molecule has 1 fully saturated rings. The SMILES string of the molecule is CC[C@@H]1CCN(c2cc3c(cc2F)c(=O)c(C(=O)O)cn3Cc2ccc(-n3cccn3)cc2)C1. The topological polar surface area (TPSA) is 80.4 Å². The molecular formula is C26H25FN4O3. The van der Waals surface area contributed by atoms with Gasteiger partial charge in [-0.2, -0.15) is 5.10 Å². The van der Waals surface area contributed by atoms with Gasteiger partial charge in [0.05, 0.1) is 16.9 Å². The van der Waals surface area contributed by atoms with Crippen LogP contribution in [0, 0.1) is 11.7 Å². The molecule has 0 bridgehead atoms. The lowest BCUT2D eigenvalue weighted by Gasteiger charge is -2.21. The van der Waals surface area contributed by atoms with Crippen molar-refractivity contribution in [3.05, 3.63) is 88.2 Å². The predicted octanol–water partition coefficient (Wildman–Crippen LogP) is 4.31. The van der Waals surface area contributed by atoms with Crippen molar-refractivity contribution in [3.8, 4) is 5.69 Å². The molecule has 2 aromatic heterocycles. The monoisotopic (exact) mass is 460 g/mol. The molecule has 8 heteroatoms. The van der Waals surface area contributed by atoms with Gasteiger partial charge in [-0.15, -0.1) is 0 Å². The Morgan fingerprint density at radius 3 is 2.68 bits per heavy atom. The van der Waals surface area contributed by atoms with E-state index >= 15 is 4.39 Å². The van der Waals surface area contributed by atoms with Gasteiger partial charge in [-0.1, -0.05) is 25.5 Å². The maximum absolute atomic E-state index is 15.1. The van der Waals surface area contributed by atoms with Crippen LogP contribution in [0.4, 0.5) is 10.1 Å². The Morgan fingerprint density at radius 2 is 2.03 bits per heavy atom. The van der Waals surface area contributed by atoms with Gasteiger partial charge >= 0.3 is 5.97 Å². The third-order valence-corrected chi connectivity index (χ3v) is 6.64. The Labute approximate surface area is 195 Å². The lowest BCUT2D eigenvalue weighted by Crippen LogP contribution is -2.23. The zero-order valence-electron chi connectivity index (χ0n) is 18.8. The molecule has 3 heterocycles. The number of hydrogen-bond acceptors (Lipinski definition) is 4. The first-order chi connectivity index (χ1) is 16.4. The van der Waals surface area contributed by atoms with E-state index < -0.39 is 17.2 Å². The molecule has 1 aliphatic heterocycles. The summed E-state index contributed by atoms with van der Waals surface area (Å²) in [6.07, 6.45) is 6.94. The third-order valence-electron chi connectivity index (χ3n) is 6.64. The number of anilines is 1. The van der Waals surface area contributed by atoms with Crippen LogP contribution in [-0.4, -0.2) is 38.5 Å². The average molecular weight is 461 g/mol. The summed E-state index contributed by atoms with van der Waals surface area (Å²) in [7, 11) is 0. The molecule has 0 radical (unpaired) electrons. The molecule has 1 atom stereocenters. The largest absolute Gasteiger partial charge is 0.477 e. The second-order valence-electron chi connectivity index (χ2n) is 8.75. The Kier molecular flexibility index (Phi) is 5.65. The predicted molar refractivity (Wildman–Crippen MR) is 128 cm³/mol. The van der Waals surface area contributed by atoms with Crippen molar-refractivity contribution in [3.63, 3.8) is 0 Å². The number of nitrogens with zero attached hydrogens (tertiary/aromatic N) is 4. The van der Waals surface area contributed by atoms with E-state index in [0.29, 0.717) is 23.7 Å². The first-order valence-corrected chi connectivity index (χ1v) is 11.4. The Morgan fingerprint density at radius 1 is 1.24 bits per heavy atom. The Bertz CT molecular complexity index is 1410. The van der Waals surface area contributed by atoms with E-state index in [4.69, 9.17) is 0 Å². The standard InChI is InChI=1S/C26H25FN4O3/c1-2-17-8-11-29(14-17)24-13-23-20(12-22(24)27)25(32)21(26(33)34)16-30(23)15-18-4-6-19(7-5-18)31-10-3-9-28-31/h3-7,9-10,12-13,16-17H,2,8,11,14-15H2,1H3,(H,33,34)/t17-/m1/s1. The molecule has 2 aromatic carbocycles. The first-order valence-electron chi connectivity index (χ1n) is 11.4. The summed E-state index contributed by atoms with van der Waals surface area (Å²) in [6, 6.07) is 12.4. The lowest BCUT2D eigenvalue weighted by molar-refractivity contribution is 0.0695. The molecule has 0 spiro atoms. The van der Waals surface area contributed by atoms with E-state index in [2.05, 4.69) is 12.0 Å². The highest BCUT2D eigenvalue weighted by Crippen LogP contribution is 2.31. The lowest BCUT2D eigenvalue weighted by atomic mass is 10.1. The summed E-state index contributed by atoms with van der Waals surface area (Å²) in [4.78, 5) is 26.6. The van der Waals surface area contributed by atoms with Gasteiger partial charge in [-0.3, -0.25) is 4.79 Å². The molecule has 4 aromatic rings. The van der Waals surface area contributed by atoms with Gasteiger partial charge in [-0.25, -0.2) is 13.9 Å². The Balaban J connectivity index is 1.59. The molecule has 0 saturated carbocycles. The molecule has 1 saturated heterocycles. The number of carboxylic acid groups (broad SMARTS) is 1. The summed E-state index contributed by atoms with van der Waals surface area (Å²) < 4.78 is 18.6. The van der Waals surface area contributed by atoms with E-state index in [1.54, 1.807) is 21.5 Å². The molecule has 174 valence electrons. The van der Waals surface area contributed by atoms with Crippen LogP contribution >= 0.6 is 0 Å². The van der Waals surface area contributed by atoms with Crippen LogP contribution in [-0.2, 0) is 6.54 Å². The van der Waals surface area contributed by atoms with Gasteiger partial charge in [0.25, 0.3) is 0 Å². The van der Waals surface area contributed by atoms with Gasteiger partial charge in [0.15, 0.2) is 0 Å². The van der Waals surface area contributed by atoms with Crippen molar-refractivity contribution in [1.82, 2.24) is 14.3 Å². The van der Waals surface area contributed by atoms with Crippen molar-refractivity contribution in [2.24, 2.45) is 5.92 Å². The molecule has 1 N–H and O–H groups in total. The first kappa shape index (κ1) is 21.9. The maximum atomic E-state index is 15.1. The zero-order chi connectivity index (χ0) is 23.8. The van der Waals surface area contributed by atoms with Crippen molar-refractivity contribution >= 4 is 22.6 Å². The number of pyridine rings is 1. The third kappa shape index (κ3) is 3.96. The maximum Gasteiger partial charge on any atom is 0.341 e. The average Bonchev–Trinajstić information content (AvgIpc) is 3.53. The van der Waals surface area contributed by atoms with Crippen LogP contribution in [0.1, 0.15) is 35.7 Å². The second kappa shape index (κ2) is 8.78. The fourth-order valence-corrected chi connectivity index (χ4v) is 4.68. The van der Waals surface area contributed by atoms with Crippen LogP contribution in [0.25, 0.3) is 16.6 Å². The fraction of sp³-hybridized carbons (Fsp3) is 0.269. The number of hydrogen-bond donors (Lipinski definition) is 1. The van der Waals surface area contributed by atoms with Crippen LogP contribution in [0.3, 0.4) is 0 Å². The van der Waals surface area contributed by atoms with Gasteiger partial charge in [-0.05, 0) is 48.2 Å². The van der Waals surface area contributed by atoms with Crippen molar-refractivity contribution in [2.75, 3.05) is 18.0 Å². The summed E-state index contributed by atoms with van der Waals surface area (Å²) >= 11 is 0. The van der Waals surface area contributed by atoms with Gasteiger partial charge in [0, 0.05) is 43.6 Å². The highest BCUT2D eigenvalue weighted by atomic mass is 19.1. The molecule has 1 aliphatic rings. The second-order valence-corrected chi connectivity index (χ2v) is 8.75. The van der Waals surface area contributed by atoms with Crippen LogP contribution in [0.2, 0.25) is 0 Å². The minimum atomic E-state index is -1.33. The number of benzene rings is 2. The number of fused-ring (bicyclic) bond motifs is 1. The minimum absolute atomic E-state index is 0.0700. The number of carbonyl (C=O) groups is 1. The zero-order valence-corrected chi connectivity index (χ0v) is 18.8. The number of aromatic carboxylic acids is 1. The van der Waals surface area contributed by atoms with E-state index in [-0.39, 0.29) is 10.9 Å². The quantitative estimate of drug-likeness (QED) is 0.464. The highest BCUT2D eigenvalue weighted by Gasteiger charge is 2.25. The molecule has 5 rings (SSSR count). The van der Waals surface area contributed by atoms with E-state index in [9.17, 15) is 14.7 Å². The number of rotatable bonds is 6. The number of carboxylic acids is 1. The van der Waals surface area contributed by atoms with E-state index in [0.717, 1.165) is 37.2 Å². The highest BCUT2D eigenvalue weighted by molar-refractivity contribution is 5.93. The summed E-state index contributed by atoms with van der Waals surface area (Å²) in [5.74, 6) is -1.32. The van der Waals surface area contributed by atoms with Crippen LogP contribution in [0.5, 0.6) is 0 Å². The van der Waals surface area contributed by atoms with E-state index in [1.807, 2.05) is 41.4 Å². The van der Waals surface area contributed by atoms with E-state index in [1.165, 1.54) is 12.3 Å². The number of halogens is 1. The minimum Gasteiger partial charge on any atom is -0.477 e. The summed E-state index contributed by atoms with van der Waals surface area (Å²) in [5, 5.41) is 13.9. The number of aromatic nitrogens is 3. The van der Waals surface area contributed by atoms with Crippen molar-refractivity contribution < 1.29 is 14.3 Å². The van der Waals surface area contributed by atoms with Crippen LogP contribution in [0.15, 0.2) is 65.8 Å². The van der Waals surface area contributed by atoms with Gasteiger partial charge in [0.1, 0.15) is 11.4 Å². The fourth-order valence-electron chi connectivity index (χ4n) is 4.68. The van der Waals surface area contributed by atoms with Crippen molar-refractivity contribution in [1.29, 1.82) is 0 Å². The van der Waals surface area contributed by atoms with Gasteiger partial charge < -0.3 is 14.6 Å². The smallest absolute Gasteiger partial charge is 0.341 e. The molecule has 0 unspecified atom stereocenters. The molecule has 7 nitrogen and oxygen atoms in total. The Hall–Kier alpha value is -3.94.